The summed E-state index contributed by atoms with van der Waals surface area (Å²) >= 11 is 0. The number of ether oxygens (including phenoxy) is 1. The number of benzene rings is 2. The number of hydrogen-bond acceptors (Lipinski definition) is 4. The quantitative estimate of drug-likeness (QED) is 0.872. The van der Waals surface area contributed by atoms with Gasteiger partial charge in [-0.25, -0.2) is 8.42 Å². The largest absolute Gasteiger partial charge is 0.495 e. The van der Waals surface area contributed by atoms with Gasteiger partial charge in [0.15, 0.2) is 0 Å². The van der Waals surface area contributed by atoms with E-state index in [-0.39, 0.29) is 10.8 Å². The first-order valence-electron chi connectivity index (χ1n) is 8.41. The number of sulfonamides is 1. The Labute approximate surface area is 153 Å². The maximum atomic E-state index is 12.8. The zero-order chi connectivity index (χ0) is 18.9. The summed E-state index contributed by atoms with van der Waals surface area (Å²) in [6.45, 7) is 4.26. The molecule has 0 aliphatic carbocycles. The first-order valence-corrected chi connectivity index (χ1v) is 9.89. The molecule has 2 aromatic carbocycles. The molecule has 0 radical (unpaired) electrons. The van der Waals surface area contributed by atoms with Gasteiger partial charge in [0, 0.05) is 13.0 Å². The van der Waals surface area contributed by atoms with Gasteiger partial charge in [-0.1, -0.05) is 12.1 Å². The van der Waals surface area contributed by atoms with Crippen molar-refractivity contribution in [2.75, 3.05) is 23.3 Å². The molecular formula is C19H22N2O4S. The van der Waals surface area contributed by atoms with E-state index in [2.05, 4.69) is 4.72 Å². The third-order valence-corrected chi connectivity index (χ3v) is 6.17. The zero-order valence-electron chi connectivity index (χ0n) is 15.1. The molecule has 0 atom stereocenters. The molecule has 0 spiro atoms. The summed E-state index contributed by atoms with van der Waals surface area (Å²) in [5.41, 5.74) is 2.59. The summed E-state index contributed by atoms with van der Waals surface area (Å²) in [5, 5.41) is 0. The lowest BCUT2D eigenvalue weighted by Crippen LogP contribution is -2.24. The van der Waals surface area contributed by atoms with Crippen LogP contribution in [-0.2, 0) is 14.8 Å². The van der Waals surface area contributed by atoms with E-state index in [1.54, 1.807) is 42.2 Å². The highest BCUT2D eigenvalue weighted by atomic mass is 32.2. The maximum absolute atomic E-state index is 12.8. The van der Waals surface area contributed by atoms with Crippen LogP contribution in [-0.4, -0.2) is 28.0 Å². The molecule has 138 valence electrons. The average Bonchev–Trinajstić information content (AvgIpc) is 3.02. The van der Waals surface area contributed by atoms with Gasteiger partial charge in [-0.15, -0.1) is 0 Å². The van der Waals surface area contributed by atoms with Crippen LogP contribution in [0, 0.1) is 13.8 Å². The molecule has 0 saturated carbocycles. The van der Waals surface area contributed by atoms with E-state index in [1.807, 2.05) is 13.0 Å². The standard InChI is InChI=1S/C19H22N2O4S/c1-13-6-4-7-18(14(13)2)26(23,24)20-15-9-10-17(25-3)16(12-15)21-11-5-8-19(21)22/h4,6-7,9-10,12,20H,5,8,11H2,1-3H3. The predicted octanol–water partition coefficient (Wildman–Crippen LogP) is 3.24. The third kappa shape index (κ3) is 3.39. The molecule has 1 aliphatic rings. The smallest absolute Gasteiger partial charge is 0.262 e. The van der Waals surface area contributed by atoms with Gasteiger partial charge in [-0.3, -0.25) is 9.52 Å². The Morgan fingerprint density at radius 1 is 1.15 bits per heavy atom. The molecule has 7 heteroatoms. The maximum Gasteiger partial charge on any atom is 0.262 e. The topological polar surface area (TPSA) is 75.7 Å². The van der Waals surface area contributed by atoms with Gasteiger partial charge >= 0.3 is 0 Å². The number of hydrogen-bond donors (Lipinski definition) is 1. The second-order valence-electron chi connectivity index (χ2n) is 6.34. The lowest BCUT2D eigenvalue weighted by atomic mass is 10.1. The Morgan fingerprint density at radius 2 is 1.92 bits per heavy atom. The minimum atomic E-state index is -3.73. The zero-order valence-corrected chi connectivity index (χ0v) is 15.9. The van der Waals surface area contributed by atoms with Crippen LogP contribution in [0.25, 0.3) is 0 Å². The Balaban J connectivity index is 1.97. The molecule has 1 aliphatic heterocycles. The van der Waals surface area contributed by atoms with Gasteiger partial charge in [0.2, 0.25) is 5.91 Å². The molecule has 0 bridgehead atoms. The predicted molar refractivity (Wildman–Crippen MR) is 101 cm³/mol. The van der Waals surface area contributed by atoms with Crippen LogP contribution < -0.4 is 14.4 Å². The average molecular weight is 374 g/mol. The van der Waals surface area contributed by atoms with Crippen molar-refractivity contribution < 1.29 is 17.9 Å². The second kappa shape index (κ2) is 6.99. The van der Waals surface area contributed by atoms with Crippen molar-refractivity contribution in [1.82, 2.24) is 0 Å². The molecular weight excluding hydrogens is 352 g/mol. The van der Waals surface area contributed by atoms with E-state index in [4.69, 9.17) is 4.74 Å². The van der Waals surface area contributed by atoms with Crippen LogP contribution in [0.2, 0.25) is 0 Å². The first kappa shape index (κ1) is 18.3. The van der Waals surface area contributed by atoms with Crippen molar-refractivity contribution in [3.05, 3.63) is 47.5 Å². The minimum Gasteiger partial charge on any atom is -0.495 e. The third-order valence-electron chi connectivity index (χ3n) is 4.64. The van der Waals surface area contributed by atoms with E-state index in [1.165, 1.54) is 7.11 Å². The Kier molecular flexibility index (Phi) is 4.91. The Bertz CT molecular complexity index is 954. The van der Waals surface area contributed by atoms with Crippen LogP contribution in [0.1, 0.15) is 24.0 Å². The summed E-state index contributed by atoms with van der Waals surface area (Å²) < 4.78 is 33.6. The van der Waals surface area contributed by atoms with Crippen molar-refractivity contribution in [2.24, 2.45) is 0 Å². The van der Waals surface area contributed by atoms with Crippen molar-refractivity contribution >= 4 is 27.3 Å². The van der Waals surface area contributed by atoms with Gasteiger partial charge < -0.3 is 9.64 Å². The minimum absolute atomic E-state index is 0.0119. The van der Waals surface area contributed by atoms with Crippen molar-refractivity contribution in [3.8, 4) is 5.75 Å². The van der Waals surface area contributed by atoms with Crippen LogP contribution >= 0.6 is 0 Å². The molecule has 1 saturated heterocycles. The van der Waals surface area contributed by atoms with Crippen molar-refractivity contribution in [2.45, 2.75) is 31.6 Å². The van der Waals surface area contributed by atoms with Crippen LogP contribution in [0.5, 0.6) is 5.75 Å². The molecule has 1 N–H and O–H groups in total. The molecule has 26 heavy (non-hydrogen) atoms. The number of nitrogens with zero attached hydrogens (tertiary/aromatic N) is 1. The van der Waals surface area contributed by atoms with E-state index >= 15 is 0 Å². The number of carbonyl (C=O) groups excluding carboxylic acids is 1. The summed E-state index contributed by atoms with van der Waals surface area (Å²) in [6, 6.07) is 10.1. The number of rotatable bonds is 5. The fourth-order valence-corrected chi connectivity index (χ4v) is 4.46. The number of methoxy groups -OCH3 is 1. The Morgan fingerprint density at radius 3 is 2.58 bits per heavy atom. The second-order valence-corrected chi connectivity index (χ2v) is 7.99. The number of amides is 1. The number of aryl methyl sites for hydroxylation is 1. The highest BCUT2D eigenvalue weighted by Gasteiger charge is 2.25. The summed E-state index contributed by atoms with van der Waals surface area (Å²) in [6.07, 6.45) is 1.27. The lowest BCUT2D eigenvalue weighted by Gasteiger charge is -2.20. The van der Waals surface area contributed by atoms with Gasteiger partial charge in [-0.05, 0) is 55.7 Å². The Hall–Kier alpha value is -2.54. The van der Waals surface area contributed by atoms with Crippen molar-refractivity contribution in [1.29, 1.82) is 0 Å². The van der Waals surface area contributed by atoms with Crippen LogP contribution in [0.4, 0.5) is 11.4 Å². The lowest BCUT2D eigenvalue weighted by molar-refractivity contribution is -0.117. The molecule has 0 unspecified atom stereocenters. The van der Waals surface area contributed by atoms with E-state index in [9.17, 15) is 13.2 Å². The SMILES string of the molecule is COc1ccc(NS(=O)(=O)c2cccc(C)c2C)cc1N1CCCC1=O. The van der Waals surface area contributed by atoms with Crippen LogP contribution in [0.15, 0.2) is 41.3 Å². The summed E-state index contributed by atoms with van der Waals surface area (Å²) in [4.78, 5) is 14.0. The van der Waals surface area contributed by atoms with Gasteiger partial charge in [-0.2, -0.15) is 0 Å². The van der Waals surface area contributed by atoms with Gasteiger partial charge in [0.05, 0.1) is 23.4 Å². The van der Waals surface area contributed by atoms with Crippen LogP contribution in [0.3, 0.4) is 0 Å². The number of carbonyl (C=O) groups is 1. The van der Waals surface area contributed by atoms with E-state index in [0.717, 1.165) is 12.0 Å². The fourth-order valence-electron chi connectivity index (χ4n) is 3.09. The van der Waals surface area contributed by atoms with Gasteiger partial charge in [0.25, 0.3) is 10.0 Å². The monoisotopic (exact) mass is 374 g/mol. The number of nitrogens with one attached hydrogen (secondary N) is 1. The van der Waals surface area contributed by atoms with Gasteiger partial charge in [0.1, 0.15) is 5.75 Å². The molecule has 1 fully saturated rings. The van der Waals surface area contributed by atoms with E-state index < -0.39 is 10.0 Å². The summed E-state index contributed by atoms with van der Waals surface area (Å²) in [5.74, 6) is 0.549. The first-order chi connectivity index (χ1) is 12.3. The van der Waals surface area contributed by atoms with E-state index in [0.29, 0.717) is 35.7 Å². The molecule has 6 nitrogen and oxygen atoms in total. The number of anilines is 2. The molecule has 0 aromatic heterocycles. The molecule has 1 amide bonds. The fraction of sp³-hybridized carbons (Fsp3) is 0.316. The molecule has 2 aromatic rings. The summed E-state index contributed by atoms with van der Waals surface area (Å²) in [7, 11) is -2.21. The molecule has 3 rings (SSSR count). The molecule has 1 heterocycles. The van der Waals surface area contributed by atoms with Crippen molar-refractivity contribution in [3.63, 3.8) is 0 Å². The highest BCUT2D eigenvalue weighted by Crippen LogP contribution is 2.34. The normalized spacial score (nSPS) is 14.6. The highest BCUT2D eigenvalue weighted by molar-refractivity contribution is 7.92.